The molecule has 0 saturated heterocycles. The quantitative estimate of drug-likeness (QED) is 0.595. The Morgan fingerprint density at radius 3 is 2.38 bits per heavy atom. The molecule has 0 rings (SSSR count). The smallest absolute Gasteiger partial charge is 0.395 e. The highest BCUT2D eigenvalue weighted by atomic mass is 19.4. The largest absolute Gasteiger partial charge is 0.401 e. The molecular weight excluding hydrogens is 185 g/mol. The van der Waals surface area contributed by atoms with Crippen molar-refractivity contribution < 1.29 is 18.3 Å². The molecule has 0 aliphatic heterocycles. The van der Waals surface area contributed by atoms with E-state index in [-0.39, 0.29) is 13.2 Å². The van der Waals surface area contributed by atoms with Crippen molar-refractivity contribution in [3.8, 4) is 0 Å². The van der Waals surface area contributed by atoms with Crippen molar-refractivity contribution in [2.45, 2.75) is 6.18 Å². The molecule has 0 aromatic rings. The lowest BCUT2D eigenvalue weighted by molar-refractivity contribution is -0.124. The van der Waals surface area contributed by atoms with Gasteiger partial charge in [-0.3, -0.25) is 0 Å². The number of hydrogen-bond donors (Lipinski definition) is 2. The zero-order valence-electron chi connectivity index (χ0n) is 7.56. The molecule has 2 N–H and O–H groups in total. The Morgan fingerprint density at radius 2 is 1.92 bits per heavy atom. The maximum absolute atomic E-state index is 11.6. The number of nitrogens with one attached hydrogen (secondary N) is 1. The summed E-state index contributed by atoms with van der Waals surface area (Å²) < 4.78 is 34.8. The van der Waals surface area contributed by atoms with E-state index in [1.165, 1.54) is 0 Å². The van der Waals surface area contributed by atoms with Crippen molar-refractivity contribution in [3.63, 3.8) is 0 Å². The van der Waals surface area contributed by atoms with Gasteiger partial charge >= 0.3 is 6.18 Å². The van der Waals surface area contributed by atoms with Gasteiger partial charge in [0.05, 0.1) is 13.2 Å². The van der Waals surface area contributed by atoms with Gasteiger partial charge < -0.3 is 15.3 Å². The van der Waals surface area contributed by atoms with E-state index in [9.17, 15) is 13.2 Å². The molecule has 0 fully saturated rings. The Hall–Kier alpha value is -0.330. The van der Waals surface area contributed by atoms with Gasteiger partial charge in [-0.1, -0.05) is 0 Å². The fourth-order valence-electron chi connectivity index (χ4n) is 0.783. The highest BCUT2D eigenvalue weighted by Gasteiger charge is 2.25. The number of likely N-dealkylation sites (N-methyl/N-ethyl adjacent to an activating group) is 1. The Labute approximate surface area is 75.5 Å². The molecule has 0 radical (unpaired) electrons. The SMILES string of the molecule is CN(CCO)CCNCC(F)(F)F. The van der Waals surface area contributed by atoms with Crippen molar-refractivity contribution in [2.24, 2.45) is 0 Å². The summed E-state index contributed by atoms with van der Waals surface area (Å²) in [5.41, 5.74) is 0. The summed E-state index contributed by atoms with van der Waals surface area (Å²) in [5.74, 6) is 0. The molecule has 0 heterocycles. The third-order valence-electron chi connectivity index (χ3n) is 1.48. The molecule has 0 saturated carbocycles. The van der Waals surface area contributed by atoms with Crippen LogP contribution in [-0.2, 0) is 0 Å². The minimum atomic E-state index is -4.14. The maximum atomic E-state index is 11.6. The number of aliphatic hydroxyl groups is 1. The highest BCUT2D eigenvalue weighted by Crippen LogP contribution is 2.11. The molecule has 0 unspecified atom stereocenters. The van der Waals surface area contributed by atoms with E-state index in [1.807, 2.05) is 0 Å². The van der Waals surface area contributed by atoms with Crippen LogP contribution in [0.15, 0.2) is 0 Å². The minimum Gasteiger partial charge on any atom is -0.395 e. The Kier molecular flexibility index (Phi) is 6.02. The normalized spacial score (nSPS) is 12.5. The average molecular weight is 200 g/mol. The third kappa shape index (κ3) is 9.59. The standard InChI is InChI=1S/C7H15F3N2O/c1-12(4-5-13)3-2-11-6-7(8,9)10/h11,13H,2-6H2,1H3. The van der Waals surface area contributed by atoms with Gasteiger partial charge in [0, 0.05) is 19.6 Å². The molecule has 0 aliphatic carbocycles. The van der Waals surface area contributed by atoms with E-state index in [0.717, 1.165) is 0 Å². The summed E-state index contributed by atoms with van der Waals surface area (Å²) >= 11 is 0. The molecule has 0 atom stereocenters. The lowest BCUT2D eigenvalue weighted by Crippen LogP contribution is -2.35. The third-order valence-corrected chi connectivity index (χ3v) is 1.48. The van der Waals surface area contributed by atoms with Crippen molar-refractivity contribution in [1.29, 1.82) is 0 Å². The van der Waals surface area contributed by atoms with E-state index in [1.54, 1.807) is 11.9 Å². The summed E-state index contributed by atoms with van der Waals surface area (Å²) in [5, 5.41) is 10.7. The van der Waals surface area contributed by atoms with Gasteiger partial charge in [0.15, 0.2) is 0 Å². The van der Waals surface area contributed by atoms with Gasteiger partial charge in [-0.25, -0.2) is 0 Å². The first-order chi connectivity index (χ1) is 5.95. The monoisotopic (exact) mass is 200 g/mol. The minimum absolute atomic E-state index is 0.0236. The fraction of sp³-hybridized carbons (Fsp3) is 1.00. The van der Waals surface area contributed by atoms with Crippen LogP contribution in [0.5, 0.6) is 0 Å². The van der Waals surface area contributed by atoms with Crippen LogP contribution < -0.4 is 5.32 Å². The molecule has 0 spiro atoms. The van der Waals surface area contributed by atoms with E-state index >= 15 is 0 Å². The lowest BCUT2D eigenvalue weighted by atomic mass is 10.5. The molecule has 0 aliphatic rings. The molecule has 3 nitrogen and oxygen atoms in total. The predicted octanol–water partition coefficient (Wildman–Crippen LogP) is 0.0624. The number of halogens is 3. The first kappa shape index (κ1) is 12.7. The van der Waals surface area contributed by atoms with Crippen LogP contribution in [0.3, 0.4) is 0 Å². The van der Waals surface area contributed by atoms with Crippen LogP contribution in [-0.4, -0.2) is 56.0 Å². The van der Waals surface area contributed by atoms with E-state index in [2.05, 4.69) is 5.32 Å². The summed E-state index contributed by atoms with van der Waals surface area (Å²) in [4.78, 5) is 1.75. The first-order valence-electron chi connectivity index (χ1n) is 4.02. The van der Waals surface area contributed by atoms with Gasteiger partial charge in [-0.2, -0.15) is 13.2 Å². The molecule has 13 heavy (non-hydrogen) atoms. The van der Waals surface area contributed by atoms with Gasteiger partial charge in [-0.15, -0.1) is 0 Å². The van der Waals surface area contributed by atoms with Crippen LogP contribution >= 0.6 is 0 Å². The molecule has 0 aromatic heterocycles. The Bertz CT molecular complexity index is 129. The molecular formula is C7H15F3N2O. The zero-order valence-corrected chi connectivity index (χ0v) is 7.56. The maximum Gasteiger partial charge on any atom is 0.401 e. The number of hydrogen-bond acceptors (Lipinski definition) is 3. The van der Waals surface area contributed by atoms with E-state index < -0.39 is 12.7 Å². The second kappa shape index (κ2) is 6.17. The summed E-state index contributed by atoms with van der Waals surface area (Å²) in [6, 6.07) is 0. The Morgan fingerprint density at radius 1 is 1.31 bits per heavy atom. The second-order valence-electron chi connectivity index (χ2n) is 2.82. The summed E-state index contributed by atoms with van der Waals surface area (Å²) in [6.07, 6.45) is -4.14. The number of aliphatic hydroxyl groups excluding tert-OH is 1. The molecule has 0 aromatic carbocycles. The molecule has 0 amide bonds. The van der Waals surface area contributed by atoms with Crippen molar-refractivity contribution >= 4 is 0 Å². The number of rotatable bonds is 6. The fourth-order valence-corrected chi connectivity index (χ4v) is 0.783. The van der Waals surface area contributed by atoms with Gasteiger partial charge in [0.2, 0.25) is 0 Å². The lowest BCUT2D eigenvalue weighted by Gasteiger charge is -2.15. The van der Waals surface area contributed by atoms with Crippen LogP contribution in [0.4, 0.5) is 13.2 Å². The molecule has 0 bridgehead atoms. The van der Waals surface area contributed by atoms with Gasteiger partial charge in [-0.05, 0) is 7.05 Å². The number of nitrogens with zero attached hydrogens (tertiary/aromatic N) is 1. The van der Waals surface area contributed by atoms with Gasteiger partial charge in [0.25, 0.3) is 0 Å². The summed E-state index contributed by atoms with van der Waals surface area (Å²) in [7, 11) is 1.74. The van der Waals surface area contributed by atoms with Crippen molar-refractivity contribution in [3.05, 3.63) is 0 Å². The van der Waals surface area contributed by atoms with Crippen molar-refractivity contribution in [2.75, 3.05) is 39.8 Å². The topological polar surface area (TPSA) is 35.5 Å². The number of alkyl halides is 3. The average Bonchev–Trinajstić information content (AvgIpc) is 1.97. The van der Waals surface area contributed by atoms with Crippen LogP contribution in [0.2, 0.25) is 0 Å². The predicted molar refractivity (Wildman–Crippen MR) is 43.5 cm³/mol. The first-order valence-corrected chi connectivity index (χ1v) is 4.02. The second-order valence-corrected chi connectivity index (χ2v) is 2.82. The van der Waals surface area contributed by atoms with Crippen molar-refractivity contribution in [1.82, 2.24) is 10.2 Å². The van der Waals surface area contributed by atoms with Crippen LogP contribution in [0, 0.1) is 0 Å². The van der Waals surface area contributed by atoms with E-state index in [0.29, 0.717) is 13.1 Å². The van der Waals surface area contributed by atoms with Crippen LogP contribution in [0.25, 0.3) is 0 Å². The Balaban J connectivity index is 3.25. The zero-order chi connectivity index (χ0) is 10.3. The molecule has 6 heteroatoms. The summed E-state index contributed by atoms with van der Waals surface area (Å²) in [6.45, 7) is 0.316. The molecule has 80 valence electrons. The highest BCUT2D eigenvalue weighted by molar-refractivity contribution is 4.58. The van der Waals surface area contributed by atoms with Crippen LogP contribution in [0.1, 0.15) is 0 Å². The van der Waals surface area contributed by atoms with Gasteiger partial charge in [0.1, 0.15) is 0 Å². The van der Waals surface area contributed by atoms with E-state index in [4.69, 9.17) is 5.11 Å².